The van der Waals surface area contributed by atoms with Crippen LogP contribution in [0.2, 0.25) is 5.02 Å². The lowest BCUT2D eigenvalue weighted by molar-refractivity contribution is 0.241. The van der Waals surface area contributed by atoms with Gasteiger partial charge in [-0.25, -0.2) is 4.39 Å². The van der Waals surface area contributed by atoms with E-state index in [9.17, 15) is 4.39 Å². The highest BCUT2D eigenvalue weighted by atomic mass is 35.5. The molecule has 0 aliphatic carbocycles. The Bertz CT molecular complexity index is 593. The largest absolute Gasteiger partial charge is 0.491 e. The Kier molecular flexibility index (Phi) is 4.11. The zero-order valence-electron chi connectivity index (χ0n) is 11.2. The summed E-state index contributed by atoms with van der Waals surface area (Å²) in [5, 5.41) is 0.635. The molecule has 0 N–H and O–H groups in total. The lowest BCUT2D eigenvalue weighted by atomic mass is 10.0. The first-order chi connectivity index (χ1) is 8.95. The van der Waals surface area contributed by atoms with E-state index in [1.54, 1.807) is 0 Å². The molecule has 0 spiro atoms. The molecule has 0 unspecified atom stereocenters. The summed E-state index contributed by atoms with van der Waals surface area (Å²) in [6.45, 7) is 5.80. The molecule has 0 aliphatic heterocycles. The Labute approximate surface area is 118 Å². The molecule has 3 heteroatoms. The first-order valence-electron chi connectivity index (χ1n) is 6.19. The summed E-state index contributed by atoms with van der Waals surface area (Å²) < 4.78 is 19.2. The second-order valence-corrected chi connectivity index (χ2v) is 5.24. The summed E-state index contributed by atoms with van der Waals surface area (Å²) in [5.41, 5.74) is 2.74. The number of aryl methyl sites for hydroxylation is 1. The minimum absolute atomic E-state index is 0.00936. The van der Waals surface area contributed by atoms with Crippen LogP contribution < -0.4 is 4.74 Å². The standard InChI is InChI=1S/C16H16ClFO/c1-10(2)19-15-7-12(6-14(18)9-15)16-8-13(17)5-4-11(16)3/h4-10H,1-3H3. The van der Waals surface area contributed by atoms with Gasteiger partial charge in [-0.1, -0.05) is 17.7 Å². The Morgan fingerprint density at radius 3 is 2.53 bits per heavy atom. The maximum absolute atomic E-state index is 13.7. The Morgan fingerprint density at radius 2 is 1.84 bits per heavy atom. The molecule has 0 bridgehead atoms. The van der Waals surface area contributed by atoms with Gasteiger partial charge >= 0.3 is 0 Å². The number of hydrogen-bond donors (Lipinski definition) is 0. The fraction of sp³-hybridized carbons (Fsp3) is 0.250. The molecule has 100 valence electrons. The third-order valence-electron chi connectivity index (χ3n) is 2.75. The van der Waals surface area contributed by atoms with E-state index >= 15 is 0 Å². The van der Waals surface area contributed by atoms with Gasteiger partial charge in [0, 0.05) is 11.1 Å². The second kappa shape index (κ2) is 5.62. The van der Waals surface area contributed by atoms with E-state index in [-0.39, 0.29) is 11.9 Å². The predicted molar refractivity (Wildman–Crippen MR) is 77.3 cm³/mol. The Balaban J connectivity index is 2.49. The van der Waals surface area contributed by atoms with Crippen molar-refractivity contribution in [3.8, 4) is 16.9 Å². The summed E-state index contributed by atoms with van der Waals surface area (Å²) in [7, 11) is 0. The van der Waals surface area contributed by atoms with Crippen molar-refractivity contribution in [3.05, 3.63) is 52.8 Å². The first kappa shape index (κ1) is 13.9. The van der Waals surface area contributed by atoms with Crippen molar-refractivity contribution >= 4 is 11.6 Å². The second-order valence-electron chi connectivity index (χ2n) is 4.80. The summed E-state index contributed by atoms with van der Waals surface area (Å²) in [6, 6.07) is 10.3. The first-order valence-corrected chi connectivity index (χ1v) is 6.57. The van der Waals surface area contributed by atoms with Gasteiger partial charge in [0.2, 0.25) is 0 Å². The van der Waals surface area contributed by atoms with Crippen molar-refractivity contribution in [2.24, 2.45) is 0 Å². The monoisotopic (exact) mass is 278 g/mol. The molecule has 0 saturated heterocycles. The van der Waals surface area contributed by atoms with E-state index in [1.165, 1.54) is 12.1 Å². The van der Waals surface area contributed by atoms with Gasteiger partial charge in [0.1, 0.15) is 11.6 Å². The van der Waals surface area contributed by atoms with Crippen LogP contribution in [0.4, 0.5) is 4.39 Å². The van der Waals surface area contributed by atoms with Crippen LogP contribution in [-0.2, 0) is 0 Å². The minimum atomic E-state index is -0.312. The van der Waals surface area contributed by atoms with Crippen molar-refractivity contribution in [3.63, 3.8) is 0 Å². The number of benzene rings is 2. The van der Waals surface area contributed by atoms with Gasteiger partial charge in [0.05, 0.1) is 6.10 Å². The molecular formula is C16H16ClFO. The van der Waals surface area contributed by atoms with E-state index in [1.807, 2.05) is 45.0 Å². The third-order valence-corrected chi connectivity index (χ3v) is 2.99. The van der Waals surface area contributed by atoms with Gasteiger partial charge in [-0.2, -0.15) is 0 Å². The average molecular weight is 279 g/mol. The van der Waals surface area contributed by atoms with Crippen LogP contribution in [0, 0.1) is 12.7 Å². The lowest BCUT2D eigenvalue weighted by Gasteiger charge is -2.13. The third kappa shape index (κ3) is 3.48. The van der Waals surface area contributed by atoms with Gasteiger partial charge in [-0.15, -0.1) is 0 Å². The molecule has 19 heavy (non-hydrogen) atoms. The maximum atomic E-state index is 13.7. The van der Waals surface area contributed by atoms with Crippen molar-refractivity contribution < 1.29 is 9.13 Å². The summed E-state index contributed by atoms with van der Waals surface area (Å²) >= 11 is 6.01. The van der Waals surface area contributed by atoms with Crippen molar-refractivity contribution in [1.29, 1.82) is 0 Å². The molecular weight excluding hydrogens is 263 g/mol. The maximum Gasteiger partial charge on any atom is 0.127 e. The molecule has 0 saturated carbocycles. The SMILES string of the molecule is Cc1ccc(Cl)cc1-c1cc(F)cc(OC(C)C)c1. The predicted octanol–water partition coefficient (Wildman–Crippen LogP) is 5.24. The fourth-order valence-corrected chi connectivity index (χ4v) is 2.14. The molecule has 0 atom stereocenters. The highest BCUT2D eigenvalue weighted by Crippen LogP contribution is 2.30. The lowest BCUT2D eigenvalue weighted by Crippen LogP contribution is -2.05. The smallest absolute Gasteiger partial charge is 0.127 e. The molecule has 0 aliphatic rings. The molecule has 2 rings (SSSR count). The number of hydrogen-bond acceptors (Lipinski definition) is 1. The Morgan fingerprint density at radius 1 is 1.11 bits per heavy atom. The number of rotatable bonds is 3. The fourth-order valence-electron chi connectivity index (χ4n) is 1.96. The van der Waals surface area contributed by atoms with Gasteiger partial charge in [0.15, 0.2) is 0 Å². The molecule has 1 nitrogen and oxygen atoms in total. The zero-order chi connectivity index (χ0) is 14.0. The highest BCUT2D eigenvalue weighted by molar-refractivity contribution is 6.30. The van der Waals surface area contributed by atoms with Crippen LogP contribution in [0.5, 0.6) is 5.75 Å². The van der Waals surface area contributed by atoms with Crippen LogP contribution in [0.3, 0.4) is 0 Å². The van der Waals surface area contributed by atoms with Crippen LogP contribution in [0.15, 0.2) is 36.4 Å². The van der Waals surface area contributed by atoms with Gasteiger partial charge in [0.25, 0.3) is 0 Å². The van der Waals surface area contributed by atoms with Gasteiger partial charge in [-0.3, -0.25) is 0 Å². The summed E-state index contributed by atoms with van der Waals surface area (Å²) in [6.07, 6.45) is 0.00936. The normalized spacial score (nSPS) is 10.8. The highest BCUT2D eigenvalue weighted by Gasteiger charge is 2.08. The van der Waals surface area contributed by atoms with E-state index in [0.717, 1.165) is 16.7 Å². The zero-order valence-corrected chi connectivity index (χ0v) is 12.0. The van der Waals surface area contributed by atoms with Crippen LogP contribution >= 0.6 is 11.6 Å². The topological polar surface area (TPSA) is 9.23 Å². The van der Waals surface area contributed by atoms with Crippen molar-refractivity contribution in [2.75, 3.05) is 0 Å². The Hall–Kier alpha value is -1.54. The molecule has 0 fully saturated rings. The van der Waals surface area contributed by atoms with Gasteiger partial charge < -0.3 is 4.74 Å². The van der Waals surface area contributed by atoms with E-state index in [0.29, 0.717) is 10.8 Å². The number of halogens is 2. The number of ether oxygens (including phenoxy) is 1. The quantitative estimate of drug-likeness (QED) is 0.746. The van der Waals surface area contributed by atoms with Crippen molar-refractivity contribution in [2.45, 2.75) is 26.9 Å². The van der Waals surface area contributed by atoms with E-state index < -0.39 is 0 Å². The molecule has 0 radical (unpaired) electrons. The summed E-state index contributed by atoms with van der Waals surface area (Å²) in [5.74, 6) is 0.219. The van der Waals surface area contributed by atoms with Crippen LogP contribution in [0.25, 0.3) is 11.1 Å². The minimum Gasteiger partial charge on any atom is -0.491 e. The van der Waals surface area contributed by atoms with Crippen LogP contribution in [-0.4, -0.2) is 6.10 Å². The molecule has 2 aromatic carbocycles. The van der Waals surface area contributed by atoms with Crippen LogP contribution in [0.1, 0.15) is 19.4 Å². The molecule has 2 aromatic rings. The van der Waals surface area contributed by atoms with Crippen molar-refractivity contribution in [1.82, 2.24) is 0 Å². The van der Waals surface area contributed by atoms with Gasteiger partial charge in [-0.05, 0) is 61.7 Å². The molecule has 0 heterocycles. The summed E-state index contributed by atoms with van der Waals surface area (Å²) in [4.78, 5) is 0. The average Bonchev–Trinajstić information content (AvgIpc) is 2.30. The van der Waals surface area contributed by atoms with E-state index in [4.69, 9.17) is 16.3 Å². The molecule has 0 amide bonds. The molecule has 0 aromatic heterocycles. The van der Waals surface area contributed by atoms with E-state index in [2.05, 4.69) is 0 Å².